The molecule has 0 bridgehead atoms. The highest BCUT2D eigenvalue weighted by Gasteiger charge is 2.20. The molecule has 5 nitrogen and oxygen atoms in total. The number of rotatable bonds is 7. The van der Waals surface area contributed by atoms with Crippen molar-refractivity contribution in [3.05, 3.63) is 101 Å². The SMILES string of the molecule is Cc1cccc(C(C)C)c1NC(=O)COC(=O)c1ccccc1C(=O)c1ccccc1. The van der Waals surface area contributed by atoms with Gasteiger partial charge in [0.15, 0.2) is 12.4 Å². The van der Waals surface area contributed by atoms with E-state index in [0.717, 1.165) is 16.8 Å². The van der Waals surface area contributed by atoms with Gasteiger partial charge in [-0.25, -0.2) is 4.79 Å². The minimum atomic E-state index is -0.719. The number of aryl methyl sites for hydroxylation is 1. The van der Waals surface area contributed by atoms with Crippen LogP contribution in [0.2, 0.25) is 0 Å². The van der Waals surface area contributed by atoms with Crippen LogP contribution in [0.15, 0.2) is 72.8 Å². The molecule has 0 aromatic heterocycles. The van der Waals surface area contributed by atoms with E-state index in [4.69, 9.17) is 4.74 Å². The number of hydrogen-bond donors (Lipinski definition) is 1. The minimum absolute atomic E-state index is 0.128. The van der Waals surface area contributed by atoms with Crippen molar-refractivity contribution in [2.75, 3.05) is 11.9 Å². The third kappa shape index (κ3) is 5.25. The van der Waals surface area contributed by atoms with Gasteiger partial charge in [-0.1, -0.05) is 80.6 Å². The second kappa shape index (κ2) is 9.85. The van der Waals surface area contributed by atoms with E-state index in [1.54, 1.807) is 42.5 Å². The Labute approximate surface area is 182 Å². The predicted molar refractivity (Wildman–Crippen MR) is 120 cm³/mol. The molecule has 1 N–H and O–H groups in total. The molecule has 0 aliphatic heterocycles. The molecule has 5 heteroatoms. The van der Waals surface area contributed by atoms with Gasteiger partial charge in [-0.15, -0.1) is 0 Å². The maximum Gasteiger partial charge on any atom is 0.339 e. The third-order valence-electron chi connectivity index (χ3n) is 4.95. The highest BCUT2D eigenvalue weighted by Crippen LogP contribution is 2.27. The lowest BCUT2D eigenvalue weighted by atomic mass is 9.98. The van der Waals surface area contributed by atoms with Crippen molar-refractivity contribution in [3.8, 4) is 0 Å². The van der Waals surface area contributed by atoms with Gasteiger partial charge in [0.05, 0.1) is 5.56 Å². The van der Waals surface area contributed by atoms with Gasteiger partial charge in [0.25, 0.3) is 5.91 Å². The fourth-order valence-electron chi connectivity index (χ4n) is 3.33. The summed E-state index contributed by atoms with van der Waals surface area (Å²) in [5, 5.41) is 2.85. The van der Waals surface area contributed by atoms with E-state index in [2.05, 4.69) is 5.32 Å². The number of ketones is 1. The second-order valence-corrected chi connectivity index (χ2v) is 7.56. The molecule has 0 saturated heterocycles. The normalized spacial score (nSPS) is 10.6. The van der Waals surface area contributed by atoms with Crippen LogP contribution in [-0.2, 0) is 9.53 Å². The van der Waals surface area contributed by atoms with Crippen LogP contribution in [0, 0.1) is 6.92 Å². The molecule has 0 atom stereocenters. The number of para-hydroxylation sites is 1. The molecule has 3 aromatic rings. The van der Waals surface area contributed by atoms with E-state index in [1.165, 1.54) is 6.07 Å². The highest BCUT2D eigenvalue weighted by molar-refractivity contribution is 6.14. The van der Waals surface area contributed by atoms with Crippen LogP contribution in [0.3, 0.4) is 0 Å². The first-order valence-electron chi connectivity index (χ1n) is 10.1. The van der Waals surface area contributed by atoms with Gasteiger partial charge in [0, 0.05) is 16.8 Å². The van der Waals surface area contributed by atoms with Crippen LogP contribution in [0.5, 0.6) is 0 Å². The monoisotopic (exact) mass is 415 g/mol. The van der Waals surface area contributed by atoms with Gasteiger partial charge in [0.1, 0.15) is 0 Å². The summed E-state index contributed by atoms with van der Waals surface area (Å²) in [5.41, 5.74) is 3.52. The Hall–Kier alpha value is -3.73. The zero-order chi connectivity index (χ0) is 22.4. The van der Waals surface area contributed by atoms with Crippen molar-refractivity contribution >= 4 is 23.3 Å². The average Bonchev–Trinajstić information content (AvgIpc) is 2.78. The molecule has 31 heavy (non-hydrogen) atoms. The molecule has 0 spiro atoms. The molecule has 0 aliphatic rings. The summed E-state index contributed by atoms with van der Waals surface area (Å²) in [6.07, 6.45) is 0. The molecule has 0 saturated carbocycles. The maximum absolute atomic E-state index is 12.8. The average molecular weight is 415 g/mol. The van der Waals surface area contributed by atoms with Crippen molar-refractivity contribution < 1.29 is 19.1 Å². The van der Waals surface area contributed by atoms with E-state index in [9.17, 15) is 14.4 Å². The van der Waals surface area contributed by atoms with Crippen LogP contribution in [0.4, 0.5) is 5.69 Å². The molecule has 0 heterocycles. The molecule has 1 amide bonds. The smallest absolute Gasteiger partial charge is 0.339 e. The Morgan fingerprint density at radius 1 is 0.839 bits per heavy atom. The summed E-state index contributed by atoms with van der Waals surface area (Å²) in [6.45, 7) is 5.56. The van der Waals surface area contributed by atoms with E-state index in [0.29, 0.717) is 5.56 Å². The largest absolute Gasteiger partial charge is 0.452 e. The zero-order valence-electron chi connectivity index (χ0n) is 17.8. The maximum atomic E-state index is 12.8. The molecule has 3 rings (SSSR count). The molecular formula is C26H25NO4. The first-order chi connectivity index (χ1) is 14.9. The molecule has 0 unspecified atom stereocenters. The summed E-state index contributed by atoms with van der Waals surface area (Å²) >= 11 is 0. The number of ether oxygens (including phenoxy) is 1. The topological polar surface area (TPSA) is 72.5 Å². The lowest BCUT2D eigenvalue weighted by molar-refractivity contribution is -0.119. The molecule has 0 radical (unpaired) electrons. The number of carbonyl (C=O) groups is 3. The van der Waals surface area contributed by atoms with Crippen molar-refractivity contribution in [1.29, 1.82) is 0 Å². The minimum Gasteiger partial charge on any atom is -0.452 e. The van der Waals surface area contributed by atoms with E-state index >= 15 is 0 Å². The summed E-state index contributed by atoms with van der Waals surface area (Å²) in [7, 11) is 0. The Balaban J connectivity index is 1.71. The van der Waals surface area contributed by atoms with E-state index in [-0.39, 0.29) is 22.8 Å². The first kappa shape index (κ1) is 22.0. The Morgan fingerprint density at radius 3 is 2.16 bits per heavy atom. The van der Waals surface area contributed by atoms with Crippen molar-refractivity contribution in [1.82, 2.24) is 0 Å². The Morgan fingerprint density at radius 2 is 1.48 bits per heavy atom. The molecule has 0 aliphatic carbocycles. The van der Waals surface area contributed by atoms with Gasteiger partial charge in [-0.2, -0.15) is 0 Å². The van der Waals surface area contributed by atoms with Crippen molar-refractivity contribution in [2.45, 2.75) is 26.7 Å². The van der Waals surface area contributed by atoms with Gasteiger partial charge in [-0.05, 0) is 30.0 Å². The van der Waals surface area contributed by atoms with Crippen molar-refractivity contribution in [2.24, 2.45) is 0 Å². The molecule has 0 fully saturated rings. The van der Waals surface area contributed by atoms with Crippen LogP contribution < -0.4 is 5.32 Å². The molecular weight excluding hydrogens is 390 g/mol. The lowest BCUT2D eigenvalue weighted by Gasteiger charge is -2.16. The summed E-state index contributed by atoms with van der Waals surface area (Å²) < 4.78 is 5.23. The van der Waals surface area contributed by atoms with Gasteiger partial charge >= 0.3 is 5.97 Å². The molecule has 3 aromatic carbocycles. The first-order valence-corrected chi connectivity index (χ1v) is 10.1. The van der Waals surface area contributed by atoms with E-state index < -0.39 is 18.5 Å². The number of nitrogens with one attached hydrogen (secondary N) is 1. The standard InChI is InChI=1S/C26H25NO4/c1-17(2)20-15-9-10-18(3)24(20)27-23(28)16-31-26(30)22-14-8-7-13-21(22)25(29)19-11-5-4-6-12-19/h4-15,17H,16H2,1-3H3,(H,27,28). The van der Waals surface area contributed by atoms with Crippen LogP contribution in [0.1, 0.15) is 57.2 Å². The second-order valence-electron chi connectivity index (χ2n) is 7.56. The number of carbonyl (C=O) groups excluding carboxylic acids is 3. The van der Waals surface area contributed by atoms with Crippen LogP contribution >= 0.6 is 0 Å². The fraction of sp³-hybridized carbons (Fsp3) is 0.192. The third-order valence-corrected chi connectivity index (χ3v) is 4.95. The zero-order valence-corrected chi connectivity index (χ0v) is 17.8. The van der Waals surface area contributed by atoms with E-state index in [1.807, 2.05) is 45.0 Å². The Kier molecular flexibility index (Phi) is 6.98. The number of benzene rings is 3. The summed E-state index contributed by atoms with van der Waals surface area (Å²) in [6, 6.07) is 21.0. The highest BCUT2D eigenvalue weighted by atomic mass is 16.5. The van der Waals surface area contributed by atoms with Crippen LogP contribution in [-0.4, -0.2) is 24.3 Å². The number of anilines is 1. The quantitative estimate of drug-likeness (QED) is 0.428. The lowest BCUT2D eigenvalue weighted by Crippen LogP contribution is -2.23. The van der Waals surface area contributed by atoms with Crippen molar-refractivity contribution in [3.63, 3.8) is 0 Å². The number of amides is 1. The summed E-state index contributed by atoms with van der Waals surface area (Å²) in [5.74, 6) is -1.20. The summed E-state index contributed by atoms with van der Waals surface area (Å²) in [4.78, 5) is 37.9. The molecule has 158 valence electrons. The van der Waals surface area contributed by atoms with Gasteiger partial charge in [-0.3, -0.25) is 9.59 Å². The number of esters is 1. The van der Waals surface area contributed by atoms with Gasteiger partial charge < -0.3 is 10.1 Å². The Bertz CT molecular complexity index is 1100. The number of hydrogen-bond acceptors (Lipinski definition) is 4. The predicted octanol–water partition coefficient (Wildman–Crippen LogP) is 5.14. The fourth-order valence-corrected chi connectivity index (χ4v) is 3.33. The van der Waals surface area contributed by atoms with Gasteiger partial charge in [0.2, 0.25) is 0 Å². The van der Waals surface area contributed by atoms with Crippen LogP contribution in [0.25, 0.3) is 0 Å².